The molecule has 27 heavy (non-hydrogen) atoms. The molecule has 0 saturated carbocycles. The van der Waals surface area contributed by atoms with E-state index in [1.165, 1.54) is 54.9 Å². The minimum absolute atomic E-state index is 0.0107. The molecule has 8 heteroatoms. The third-order valence-electron chi connectivity index (χ3n) is 3.59. The van der Waals surface area contributed by atoms with Gasteiger partial charge in [0, 0.05) is 35.7 Å². The van der Waals surface area contributed by atoms with Crippen molar-refractivity contribution in [3.05, 3.63) is 106 Å². The maximum Gasteiger partial charge on any atom is 0.365 e. The van der Waals surface area contributed by atoms with E-state index in [9.17, 15) is 19.3 Å². The summed E-state index contributed by atoms with van der Waals surface area (Å²) in [4.78, 5) is 31.3. The van der Waals surface area contributed by atoms with Crippen LogP contribution in [0.1, 0.15) is 21.5 Å². The number of rotatable bonds is 5. The standard InChI is InChI=1S/C19H12FN3O4/c20-16-3-1-2-15(12-16)19(24)27-22-18(14-8-10-21-11-9-14)13-4-6-17(7-5-13)23(25)26/h1-12H/b22-18-. The van der Waals surface area contributed by atoms with Crippen molar-refractivity contribution in [2.75, 3.05) is 0 Å². The molecule has 3 rings (SSSR count). The van der Waals surface area contributed by atoms with Crippen molar-refractivity contribution in [3.63, 3.8) is 0 Å². The number of hydrogen-bond acceptors (Lipinski definition) is 6. The molecule has 0 aliphatic carbocycles. The zero-order valence-electron chi connectivity index (χ0n) is 13.8. The molecule has 0 atom stereocenters. The Morgan fingerprint density at radius 3 is 2.30 bits per heavy atom. The number of nitro benzene ring substituents is 1. The van der Waals surface area contributed by atoms with E-state index in [1.807, 2.05) is 0 Å². The van der Waals surface area contributed by atoms with Crippen LogP contribution in [0, 0.1) is 15.9 Å². The van der Waals surface area contributed by atoms with Crippen molar-refractivity contribution in [1.29, 1.82) is 0 Å². The van der Waals surface area contributed by atoms with Crippen molar-refractivity contribution >= 4 is 17.4 Å². The quantitative estimate of drug-likeness (QED) is 0.297. The fraction of sp³-hybridized carbons (Fsp3) is 0. The Labute approximate surface area is 152 Å². The minimum Gasteiger partial charge on any atom is -0.312 e. The second kappa shape index (κ2) is 7.96. The summed E-state index contributed by atoms with van der Waals surface area (Å²) < 4.78 is 13.3. The summed E-state index contributed by atoms with van der Waals surface area (Å²) in [6.07, 6.45) is 3.06. The van der Waals surface area contributed by atoms with Crippen LogP contribution >= 0.6 is 0 Å². The molecule has 3 aromatic rings. The number of carbonyl (C=O) groups excluding carboxylic acids is 1. The Kier molecular flexibility index (Phi) is 5.27. The largest absolute Gasteiger partial charge is 0.365 e. The number of halogens is 1. The molecule has 1 aromatic heterocycles. The van der Waals surface area contributed by atoms with E-state index < -0.39 is 16.7 Å². The Morgan fingerprint density at radius 1 is 1.00 bits per heavy atom. The minimum atomic E-state index is -0.831. The van der Waals surface area contributed by atoms with E-state index >= 15 is 0 Å². The lowest BCUT2D eigenvalue weighted by molar-refractivity contribution is -0.384. The Balaban J connectivity index is 1.93. The fourth-order valence-corrected chi connectivity index (χ4v) is 2.28. The summed E-state index contributed by atoms with van der Waals surface area (Å²) in [6.45, 7) is 0. The van der Waals surface area contributed by atoms with Crippen molar-refractivity contribution < 1.29 is 18.9 Å². The Bertz CT molecular complexity index is 1000. The molecule has 0 aliphatic heterocycles. The van der Waals surface area contributed by atoms with Crippen molar-refractivity contribution in [3.8, 4) is 0 Å². The van der Waals surface area contributed by atoms with Crippen LogP contribution in [0.4, 0.5) is 10.1 Å². The highest BCUT2D eigenvalue weighted by atomic mass is 19.1. The third kappa shape index (κ3) is 4.37. The smallest absolute Gasteiger partial charge is 0.312 e. The van der Waals surface area contributed by atoms with Crippen molar-refractivity contribution in [2.45, 2.75) is 0 Å². The van der Waals surface area contributed by atoms with Gasteiger partial charge in [-0.3, -0.25) is 15.1 Å². The first-order valence-electron chi connectivity index (χ1n) is 7.75. The molecule has 7 nitrogen and oxygen atoms in total. The average molecular weight is 365 g/mol. The number of non-ortho nitro benzene ring substituents is 1. The van der Waals surface area contributed by atoms with E-state index in [-0.39, 0.29) is 17.0 Å². The molecular weight excluding hydrogens is 353 g/mol. The van der Waals surface area contributed by atoms with Gasteiger partial charge in [0.25, 0.3) is 5.69 Å². The predicted molar refractivity (Wildman–Crippen MR) is 94.8 cm³/mol. The molecule has 0 fully saturated rings. The maximum atomic E-state index is 13.3. The van der Waals surface area contributed by atoms with E-state index in [0.717, 1.165) is 6.07 Å². The van der Waals surface area contributed by atoms with Crippen LogP contribution in [0.15, 0.2) is 78.2 Å². The molecular formula is C19H12FN3O4. The average Bonchev–Trinajstić information content (AvgIpc) is 2.69. The lowest BCUT2D eigenvalue weighted by Gasteiger charge is -2.07. The van der Waals surface area contributed by atoms with Gasteiger partial charge in [0.2, 0.25) is 0 Å². The first-order valence-corrected chi connectivity index (χ1v) is 7.75. The molecule has 0 unspecified atom stereocenters. The van der Waals surface area contributed by atoms with E-state index in [4.69, 9.17) is 4.84 Å². The first-order chi connectivity index (χ1) is 13.0. The van der Waals surface area contributed by atoms with Gasteiger partial charge in [-0.25, -0.2) is 9.18 Å². The zero-order chi connectivity index (χ0) is 19.2. The first kappa shape index (κ1) is 17.9. The van der Waals surface area contributed by atoms with Crippen LogP contribution in [-0.4, -0.2) is 21.6 Å². The van der Waals surface area contributed by atoms with Crippen molar-refractivity contribution in [2.24, 2.45) is 5.16 Å². The number of aromatic nitrogens is 1. The Morgan fingerprint density at radius 2 is 1.67 bits per heavy atom. The number of benzene rings is 2. The summed E-state index contributed by atoms with van der Waals surface area (Å²) >= 11 is 0. The summed E-state index contributed by atoms with van der Waals surface area (Å²) in [6, 6.07) is 14.0. The molecule has 0 radical (unpaired) electrons. The molecule has 0 aliphatic rings. The van der Waals surface area contributed by atoms with Crippen LogP contribution in [0.2, 0.25) is 0 Å². The number of pyridine rings is 1. The van der Waals surface area contributed by atoms with Gasteiger partial charge in [0.1, 0.15) is 11.5 Å². The van der Waals surface area contributed by atoms with E-state index in [0.29, 0.717) is 11.1 Å². The van der Waals surface area contributed by atoms with Crippen LogP contribution in [0.3, 0.4) is 0 Å². The number of oxime groups is 1. The number of carbonyl (C=O) groups is 1. The van der Waals surface area contributed by atoms with Crippen molar-refractivity contribution in [1.82, 2.24) is 4.98 Å². The Hall–Kier alpha value is -3.94. The van der Waals surface area contributed by atoms with Crippen LogP contribution in [-0.2, 0) is 4.84 Å². The predicted octanol–water partition coefficient (Wildman–Crippen LogP) is 3.74. The summed E-state index contributed by atoms with van der Waals surface area (Å²) in [7, 11) is 0. The third-order valence-corrected chi connectivity index (χ3v) is 3.59. The SMILES string of the molecule is O=C(O/N=C(\c1ccncc1)c1ccc([N+](=O)[O-])cc1)c1cccc(F)c1. The van der Waals surface area contributed by atoms with E-state index in [1.54, 1.807) is 12.1 Å². The van der Waals surface area contributed by atoms with Gasteiger partial charge >= 0.3 is 5.97 Å². The maximum absolute atomic E-state index is 13.3. The summed E-state index contributed by atoms with van der Waals surface area (Å²) in [5, 5.41) is 14.7. The summed E-state index contributed by atoms with van der Waals surface area (Å²) in [5.74, 6) is -1.40. The highest BCUT2D eigenvalue weighted by Crippen LogP contribution is 2.16. The van der Waals surface area contributed by atoms with Crippen LogP contribution in [0.5, 0.6) is 0 Å². The monoisotopic (exact) mass is 365 g/mol. The van der Waals surface area contributed by atoms with Gasteiger partial charge in [-0.15, -0.1) is 0 Å². The normalized spacial score (nSPS) is 11.1. The molecule has 0 amide bonds. The molecule has 0 saturated heterocycles. The van der Waals surface area contributed by atoms with Crippen LogP contribution in [0.25, 0.3) is 0 Å². The highest BCUT2D eigenvalue weighted by molar-refractivity contribution is 6.12. The fourth-order valence-electron chi connectivity index (χ4n) is 2.28. The lowest BCUT2D eigenvalue weighted by Crippen LogP contribution is -2.08. The van der Waals surface area contributed by atoms with Gasteiger partial charge in [-0.1, -0.05) is 11.2 Å². The number of hydrogen-bond donors (Lipinski definition) is 0. The van der Waals surface area contributed by atoms with Gasteiger partial charge in [-0.05, 0) is 42.5 Å². The number of nitro groups is 1. The van der Waals surface area contributed by atoms with Gasteiger partial charge in [0.05, 0.1) is 10.5 Å². The molecule has 0 spiro atoms. The van der Waals surface area contributed by atoms with E-state index in [2.05, 4.69) is 10.1 Å². The molecule has 0 bridgehead atoms. The molecule has 0 N–H and O–H groups in total. The molecule has 1 heterocycles. The lowest BCUT2D eigenvalue weighted by atomic mass is 10.0. The summed E-state index contributed by atoms with van der Waals surface area (Å²) in [5.41, 5.74) is 1.29. The molecule has 134 valence electrons. The second-order valence-corrected chi connectivity index (χ2v) is 5.37. The van der Waals surface area contributed by atoms with Gasteiger partial charge < -0.3 is 4.84 Å². The highest BCUT2D eigenvalue weighted by Gasteiger charge is 2.13. The van der Waals surface area contributed by atoms with Crippen LogP contribution < -0.4 is 0 Å². The topological polar surface area (TPSA) is 94.7 Å². The van der Waals surface area contributed by atoms with Gasteiger partial charge in [-0.2, -0.15) is 0 Å². The van der Waals surface area contributed by atoms with Gasteiger partial charge in [0.15, 0.2) is 0 Å². The molecule has 2 aromatic carbocycles. The zero-order valence-corrected chi connectivity index (χ0v) is 13.8. The number of nitrogens with zero attached hydrogens (tertiary/aromatic N) is 3. The second-order valence-electron chi connectivity index (χ2n) is 5.37.